The number of carbonyl (C=O) groups excluding carboxylic acids is 1. The van der Waals surface area contributed by atoms with Crippen molar-refractivity contribution in [3.05, 3.63) is 83.9 Å². The van der Waals surface area contributed by atoms with Crippen molar-refractivity contribution >= 4 is 39.5 Å². The van der Waals surface area contributed by atoms with Crippen LogP contribution in [0.15, 0.2) is 72.8 Å². The van der Waals surface area contributed by atoms with Crippen molar-refractivity contribution in [3.63, 3.8) is 0 Å². The predicted molar refractivity (Wildman–Crippen MR) is 123 cm³/mol. The minimum atomic E-state index is -0.0945. The molecule has 3 aromatic carbocycles. The van der Waals surface area contributed by atoms with E-state index >= 15 is 0 Å². The first-order chi connectivity index (χ1) is 14.1. The fourth-order valence-corrected chi connectivity index (χ4v) is 3.72. The third-order valence-corrected chi connectivity index (χ3v) is 5.19. The highest BCUT2D eigenvalue weighted by atomic mass is 16.1. The van der Waals surface area contributed by atoms with Gasteiger partial charge in [0.15, 0.2) is 0 Å². The van der Waals surface area contributed by atoms with Crippen molar-refractivity contribution in [2.45, 2.75) is 27.3 Å². The first-order valence-electron chi connectivity index (χ1n) is 10.2. The number of rotatable bonds is 5. The smallest absolute Gasteiger partial charge is 0.255 e. The van der Waals surface area contributed by atoms with Crippen LogP contribution >= 0.6 is 0 Å². The maximum absolute atomic E-state index is 12.7. The number of aromatic nitrogens is 1. The van der Waals surface area contributed by atoms with E-state index in [1.165, 1.54) is 16.4 Å². The molecule has 4 rings (SSSR count). The van der Waals surface area contributed by atoms with Crippen molar-refractivity contribution in [1.82, 2.24) is 4.57 Å². The summed E-state index contributed by atoms with van der Waals surface area (Å²) in [6.45, 7) is 7.36. The number of benzene rings is 3. The molecule has 4 aromatic rings. The highest BCUT2D eigenvalue weighted by molar-refractivity contribution is 6.11. The average Bonchev–Trinajstić information content (AvgIpc) is 3.05. The van der Waals surface area contributed by atoms with E-state index in [-0.39, 0.29) is 5.91 Å². The molecule has 0 bridgehead atoms. The van der Waals surface area contributed by atoms with Crippen LogP contribution in [-0.4, -0.2) is 10.5 Å². The number of aryl methyl sites for hydroxylation is 1. The number of para-hydroxylation sites is 1. The Morgan fingerprint density at radius 1 is 0.966 bits per heavy atom. The zero-order valence-corrected chi connectivity index (χ0v) is 17.1. The molecule has 0 aliphatic carbocycles. The van der Waals surface area contributed by atoms with Crippen molar-refractivity contribution in [2.24, 2.45) is 5.92 Å². The molecule has 0 saturated heterocycles. The van der Waals surface area contributed by atoms with Crippen LogP contribution in [0.2, 0.25) is 0 Å². The molecule has 1 amide bonds. The Labute approximate surface area is 171 Å². The number of anilines is 1. The third kappa shape index (κ3) is 3.81. The number of nitrogens with one attached hydrogen (secondary N) is 1. The lowest BCUT2D eigenvalue weighted by atomic mass is 10.1. The molecule has 0 fully saturated rings. The molecule has 0 atom stereocenters. The van der Waals surface area contributed by atoms with E-state index in [0.29, 0.717) is 11.5 Å². The fraction of sp³-hybridized carbons (Fsp3) is 0.192. The molecule has 29 heavy (non-hydrogen) atoms. The molecule has 0 aliphatic heterocycles. The summed E-state index contributed by atoms with van der Waals surface area (Å²) in [4.78, 5) is 12.7. The van der Waals surface area contributed by atoms with Gasteiger partial charge in [0.05, 0.1) is 0 Å². The van der Waals surface area contributed by atoms with Crippen molar-refractivity contribution in [3.8, 4) is 0 Å². The Morgan fingerprint density at radius 2 is 1.69 bits per heavy atom. The van der Waals surface area contributed by atoms with Gasteiger partial charge in [0, 0.05) is 39.6 Å². The van der Waals surface area contributed by atoms with E-state index in [1.54, 1.807) is 0 Å². The second-order valence-electron chi connectivity index (χ2n) is 7.67. The molecule has 1 heterocycles. The van der Waals surface area contributed by atoms with E-state index in [1.807, 2.05) is 30.3 Å². The summed E-state index contributed by atoms with van der Waals surface area (Å²) >= 11 is 0. The Balaban J connectivity index is 1.61. The van der Waals surface area contributed by atoms with Gasteiger partial charge in [0.25, 0.3) is 5.91 Å². The lowest BCUT2D eigenvalue weighted by molar-refractivity contribution is 0.102. The summed E-state index contributed by atoms with van der Waals surface area (Å²) in [5.74, 6) is 0.412. The van der Waals surface area contributed by atoms with Gasteiger partial charge < -0.3 is 9.88 Å². The minimum absolute atomic E-state index is 0.0945. The summed E-state index contributed by atoms with van der Waals surface area (Å²) in [7, 11) is 0. The Morgan fingerprint density at radius 3 is 2.41 bits per heavy atom. The summed E-state index contributed by atoms with van der Waals surface area (Å²) in [6.07, 6.45) is 4.24. The van der Waals surface area contributed by atoms with Gasteiger partial charge in [-0.25, -0.2) is 0 Å². The standard InChI is InChI=1S/C26H26N2O/c1-4-28-24-8-6-5-7-22(24)23-17-21(15-16-25(23)28)27-26(29)20-13-11-19(12-14-20)10-9-18(2)3/h5-18H,4H2,1-3H3,(H,27,29). The zero-order valence-electron chi connectivity index (χ0n) is 17.1. The van der Waals surface area contributed by atoms with Gasteiger partial charge in [0.2, 0.25) is 0 Å². The quantitative estimate of drug-likeness (QED) is 0.408. The fourth-order valence-electron chi connectivity index (χ4n) is 3.72. The molecule has 3 heteroatoms. The van der Waals surface area contributed by atoms with Gasteiger partial charge in [-0.3, -0.25) is 4.79 Å². The normalized spacial score (nSPS) is 11.7. The summed E-state index contributed by atoms with van der Waals surface area (Å²) in [5, 5.41) is 5.42. The molecule has 146 valence electrons. The van der Waals surface area contributed by atoms with Gasteiger partial charge in [-0.2, -0.15) is 0 Å². The number of fused-ring (bicyclic) bond motifs is 3. The van der Waals surface area contributed by atoms with Gasteiger partial charge in [0.1, 0.15) is 0 Å². The molecule has 0 aliphatic rings. The second-order valence-corrected chi connectivity index (χ2v) is 7.67. The van der Waals surface area contributed by atoms with Crippen LogP contribution in [0.1, 0.15) is 36.7 Å². The number of hydrogen-bond donors (Lipinski definition) is 1. The Hall–Kier alpha value is -3.33. The van der Waals surface area contributed by atoms with E-state index in [0.717, 1.165) is 23.2 Å². The summed E-state index contributed by atoms with van der Waals surface area (Å²) in [6, 6.07) is 22.2. The largest absolute Gasteiger partial charge is 0.341 e. The number of hydrogen-bond acceptors (Lipinski definition) is 1. The van der Waals surface area contributed by atoms with E-state index in [4.69, 9.17) is 0 Å². The number of allylic oxidation sites excluding steroid dienone is 1. The van der Waals surface area contributed by atoms with E-state index in [9.17, 15) is 4.79 Å². The molecular formula is C26H26N2O. The summed E-state index contributed by atoms with van der Waals surface area (Å²) in [5.41, 5.74) is 4.98. The predicted octanol–water partition coefficient (Wildman–Crippen LogP) is 6.74. The molecule has 0 radical (unpaired) electrons. The average molecular weight is 383 g/mol. The van der Waals surface area contributed by atoms with Crippen LogP contribution in [-0.2, 0) is 6.54 Å². The lowest BCUT2D eigenvalue weighted by Gasteiger charge is -2.07. The van der Waals surface area contributed by atoms with Crippen LogP contribution in [0.25, 0.3) is 27.9 Å². The molecule has 0 unspecified atom stereocenters. The maximum Gasteiger partial charge on any atom is 0.255 e. The molecule has 1 N–H and O–H groups in total. The van der Waals surface area contributed by atoms with Crippen molar-refractivity contribution < 1.29 is 4.79 Å². The van der Waals surface area contributed by atoms with Crippen LogP contribution in [0, 0.1) is 5.92 Å². The SMILES string of the molecule is CCn1c2ccccc2c2cc(NC(=O)c3ccc(C=CC(C)C)cc3)ccc21. The van der Waals surface area contributed by atoms with Crippen LogP contribution in [0.3, 0.4) is 0 Å². The maximum atomic E-state index is 12.7. The van der Waals surface area contributed by atoms with Gasteiger partial charge >= 0.3 is 0 Å². The highest BCUT2D eigenvalue weighted by Gasteiger charge is 2.11. The van der Waals surface area contributed by atoms with Crippen LogP contribution in [0.4, 0.5) is 5.69 Å². The van der Waals surface area contributed by atoms with Crippen molar-refractivity contribution in [2.75, 3.05) is 5.32 Å². The lowest BCUT2D eigenvalue weighted by Crippen LogP contribution is -2.11. The number of amides is 1. The first-order valence-corrected chi connectivity index (χ1v) is 10.2. The number of nitrogens with zero attached hydrogens (tertiary/aromatic N) is 1. The van der Waals surface area contributed by atoms with Gasteiger partial charge in [-0.1, -0.05) is 56.3 Å². The van der Waals surface area contributed by atoms with E-state index in [2.05, 4.69) is 79.2 Å². The molecular weight excluding hydrogens is 356 g/mol. The molecule has 0 saturated carbocycles. The molecule has 1 aromatic heterocycles. The third-order valence-electron chi connectivity index (χ3n) is 5.19. The molecule has 0 spiro atoms. The monoisotopic (exact) mass is 382 g/mol. The minimum Gasteiger partial charge on any atom is -0.341 e. The number of carbonyl (C=O) groups is 1. The Kier molecular flexibility index (Phi) is 5.22. The van der Waals surface area contributed by atoms with Crippen LogP contribution in [0.5, 0.6) is 0 Å². The summed E-state index contributed by atoms with van der Waals surface area (Å²) < 4.78 is 2.31. The van der Waals surface area contributed by atoms with E-state index < -0.39 is 0 Å². The topological polar surface area (TPSA) is 34.0 Å². The second kappa shape index (κ2) is 7.96. The van der Waals surface area contributed by atoms with Crippen molar-refractivity contribution in [1.29, 1.82) is 0 Å². The zero-order chi connectivity index (χ0) is 20.4. The van der Waals surface area contributed by atoms with Crippen LogP contribution < -0.4 is 5.32 Å². The Bertz CT molecular complexity index is 1200. The van der Waals surface area contributed by atoms with Gasteiger partial charge in [-0.05, 0) is 54.8 Å². The molecule has 3 nitrogen and oxygen atoms in total. The first kappa shape index (κ1) is 19.0. The highest BCUT2D eigenvalue weighted by Crippen LogP contribution is 2.31. The van der Waals surface area contributed by atoms with Gasteiger partial charge in [-0.15, -0.1) is 0 Å².